The molecule has 96 valence electrons. The van der Waals surface area contributed by atoms with Crippen LogP contribution in [0.25, 0.3) is 11.0 Å². The molecule has 3 rings (SSSR count). The van der Waals surface area contributed by atoms with Gasteiger partial charge in [-0.05, 0) is 49.9 Å². The van der Waals surface area contributed by atoms with E-state index in [4.69, 9.17) is 4.98 Å². The largest absolute Gasteiger partial charge is 0.342 e. The zero-order valence-electron chi connectivity index (χ0n) is 11.4. The first-order chi connectivity index (χ1) is 8.74. The molecule has 0 atom stereocenters. The van der Waals surface area contributed by atoms with Crippen molar-refractivity contribution in [3.05, 3.63) is 29.1 Å². The van der Waals surface area contributed by atoms with E-state index in [1.165, 1.54) is 61.0 Å². The molecule has 18 heavy (non-hydrogen) atoms. The number of hydrogen-bond acceptors (Lipinski definition) is 1. The number of aromatic nitrogens is 2. The summed E-state index contributed by atoms with van der Waals surface area (Å²) in [5.41, 5.74) is 5.02. The summed E-state index contributed by atoms with van der Waals surface area (Å²) in [6.45, 7) is 4.33. The third-order valence-corrected chi connectivity index (χ3v) is 4.36. The molecule has 0 unspecified atom stereocenters. The number of aryl methyl sites for hydroxylation is 2. The van der Waals surface area contributed by atoms with E-state index in [-0.39, 0.29) is 0 Å². The van der Waals surface area contributed by atoms with Gasteiger partial charge in [-0.2, -0.15) is 0 Å². The summed E-state index contributed by atoms with van der Waals surface area (Å²) in [7, 11) is 0. The first-order valence-electron chi connectivity index (χ1n) is 7.21. The molecule has 2 aromatic rings. The van der Waals surface area contributed by atoms with Crippen LogP contribution in [-0.4, -0.2) is 9.97 Å². The van der Waals surface area contributed by atoms with Gasteiger partial charge >= 0.3 is 0 Å². The van der Waals surface area contributed by atoms with Gasteiger partial charge in [0.25, 0.3) is 0 Å². The minimum absolute atomic E-state index is 0.653. The van der Waals surface area contributed by atoms with E-state index < -0.39 is 0 Å². The highest BCUT2D eigenvalue weighted by atomic mass is 14.9. The number of aromatic amines is 1. The first-order valence-corrected chi connectivity index (χ1v) is 7.21. The Morgan fingerprint density at radius 3 is 2.39 bits per heavy atom. The quantitative estimate of drug-likeness (QED) is 0.726. The van der Waals surface area contributed by atoms with Crippen LogP contribution in [0.5, 0.6) is 0 Å². The van der Waals surface area contributed by atoms with Crippen LogP contribution in [-0.2, 0) is 0 Å². The van der Waals surface area contributed by atoms with Crippen LogP contribution in [0.15, 0.2) is 12.1 Å². The van der Waals surface area contributed by atoms with E-state index >= 15 is 0 Å². The second-order valence-corrected chi connectivity index (χ2v) is 5.76. The van der Waals surface area contributed by atoms with Crippen molar-refractivity contribution >= 4 is 11.0 Å². The lowest BCUT2D eigenvalue weighted by atomic mass is 10.00. The van der Waals surface area contributed by atoms with Crippen LogP contribution in [0, 0.1) is 13.8 Å². The Hall–Kier alpha value is -1.31. The summed E-state index contributed by atoms with van der Waals surface area (Å²) in [5, 5.41) is 0. The average Bonchev–Trinajstić information content (AvgIpc) is 2.60. The van der Waals surface area contributed by atoms with Gasteiger partial charge in [0.15, 0.2) is 0 Å². The summed E-state index contributed by atoms with van der Waals surface area (Å²) >= 11 is 0. The molecule has 0 saturated heterocycles. The number of benzene rings is 1. The third kappa shape index (κ3) is 2.16. The fraction of sp³-hybridized carbons (Fsp3) is 0.562. The van der Waals surface area contributed by atoms with E-state index in [0.29, 0.717) is 5.92 Å². The van der Waals surface area contributed by atoms with Crippen molar-refractivity contribution in [1.82, 2.24) is 9.97 Å². The maximum atomic E-state index is 4.82. The van der Waals surface area contributed by atoms with Crippen LogP contribution in [0.2, 0.25) is 0 Å². The Morgan fingerprint density at radius 1 is 1.00 bits per heavy atom. The molecule has 0 amide bonds. The van der Waals surface area contributed by atoms with Crippen molar-refractivity contribution in [3.8, 4) is 0 Å². The van der Waals surface area contributed by atoms with E-state index in [9.17, 15) is 0 Å². The lowest BCUT2D eigenvalue weighted by Crippen LogP contribution is -1.99. The molecule has 0 radical (unpaired) electrons. The zero-order valence-corrected chi connectivity index (χ0v) is 11.4. The summed E-state index contributed by atoms with van der Waals surface area (Å²) in [4.78, 5) is 8.37. The number of imidazole rings is 1. The van der Waals surface area contributed by atoms with Gasteiger partial charge < -0.3 is 4.98 Å². The minimum Gasteiger partial charge on any atom is -0.342 e. The number of nitrogens with one attached hydrogen (secondary N) is 1. The van der Waals surface area contributed by atoms with Gasteiger partial charge in [-0.3, -0.25) is 0 Å². The Labute approximate surface area is 109 Å². The highest BCUT2D eigenvalue weighted by molar-refractivity contribution is 5.77. The Kier molecular flexibility index (Phi) is 3.11. The van der Waals surface area contributed by atoms with Crippen LogP contribution in [0.4, 0.5) is 0 Å². The van der Waals surface area contributed by atoms with Crippen molar-refractivity contribution in [2.75, 3.05) is 0 Å². The third-order valence-electron chi connectivity index (χ3n) is 4.36. The van der Waals surface area contributed by atoms with Crippen molar-refractivity contribution < 1.29 is 0 Å². The maximum absolute atomic E-state index is 4.82. The summed E-state index contributed by atoms with van der Waals surface area (Å²) in [5.74, 6) is 1.87. The predicted molar refractivity (Wildman–Crippen MR) is 76.0 cm³/mol. The molecular formula is C16H22N2. The number of hydrogen-bond donors (Lipinski definition) is 1. The number of fused-ring (bicyclic) bond motifs is 1. The molecule has 0 aliphatic heterocycles. The molecule has 1 aromatic heterocycles. The van der Waals surface area contributed by atoms with Crippen LogP contribution in [0.3, 0.4) is 0 Å². The molecule has 1 saturated carbocycles. The fourth-order valence-corrected chi connectivity index (χ4v) is 3.04. The molecule has 1 fully saturated rings. The zero-order chi connectivity index (χ0) is 12.5. The Balaban J connectivity index is 1.96. The molecule has 0 bridgehead atoms. The highest BCUT2D eigenvalue weighted by Crippen LogP contribution is 2.31. The maximum Gasteiger partial charge on any atom is 0.110 e. The topological polar surface area (TPSA) is 28.7 Å². The van der Waals surface area contributed by atoms with E-state index in [0.717, 1.165) is 5.52 Å². The summed E-state index contributed by atoms with van der Waals surface area (Å²) < 4.78 is 0. The first kappa shape index (κ1) is 11.8. The van der Waals surface area contributed by atoms with Crippen molar-refractivity contribution in [3.63, 3.8) is 0 Å². The van der Waals surface area contributed by atoms with Gasteiger partial charge in [0.05, 0.1) is 11.0 Å². The number of rotatable bonds is 1. The van der Waals surface area contributed by atoms with Gasteiger partial charge in [-0.15, -0.1) is 0 Å². The molecular weight excluding hydrogens is 220 g/mol. The van der Waals surface area contributed by atoms with Gasteiger partial charge in [0.1, 0.15) is 5.82 Å². The molecule has 1 N–H and O–H groups in total. The highest BCUT2D eigenvalue weighted by Gasteiger charge is 2.17. The molecule has 2 heteroatoms. The van der Waals surface area contributed by atoms with Crippen LogP contribution >= 0.6 is 0 Å². The second kappa shape index (κ2) is 4.75. The SMILES string of the molecule is Cc1cc2nc(C3CCCCCC3)[nH]c2cc1C. The minimum atomic E-state index is 0.653. The van der Waals surface area contributed by atoms with Crippen LogP contribution in [0.1, 0.15) is 61.4 Å². The fourth-order valence-electron chi connectivity index (χ4n) is 3.04. The Bertz CT molecular complexity index is 506. The molecule has 1 aliphatic carbocycles. The van der Waals surface area contributed by atoms with Crippen LogP contribution < -0.4 is 0 Å². The second-order valence-electron chi connectivity index (χ2n) is 5.76. The van der Waals surface area contributed by atoms with E-state index in [2.05, 4.69) is 31.0 Å². The van der Waals surface area contributed by atoms with Gasteiger partial charge in [0, 0.05) is 5.92 Å². The summed E-state index contributed by atoms with van der Waals surface area (Å²) in [6.07, 6.45) is 8.12. The van der Waals surface area contributed by atoms with Gasteiger partial charge in [0.2, 0.25) is 0 Å². The standard InChI is InChI=1S/C16H22N2/c1-11-9-14-15(10-12(11)2)18-16(17-14)13-7-5-3-4-6-8-13/h9-10,13H,3-8H2,1-2H3,(H,17,18). The van der Waals surface area contributed by atoms with Crippen molar-refractivity contribution in [2.24, 2.45) is 0 Å². The van der Waals surface area contributed by atoms with Gasteiger partial charge in [-0.25, -0.2) is 4.98 Å². The van der Waals surface area contributed by atoms with E-state index in [1.807, 2.05) is 0 Å². The number of H-pyrrole nitrogens is 1. The van der Waals surface area contributed by atoms with E-state index in [1.54, 1.807) is 0 Å². The van der Waals surface area contributed by atoms with Crippen molar-refractivity contribution in [1.29, 1.82) is 0 Å². The summed E-state index contributed by atoms with van der Waals surface area (Å²) in [6, 6.07) is 4.44. The molecule has 1 aromatic carbocycles. The lowest BCUT2D eigenvalue weighted by Gasteiger charge is -2.09. The average molecular weight is 242 g/mol. The number of nitrogens with zero attached hydrogens (tertiary/aromatic N) is 1. The molecule has 0 spiro atoms. The predicted octanol–water partition coefficient (Wildman–Crippen LogP) is 4.62. The molecule has 2 nitrogen and oxygen atoms in total. The molecule has 1 heterocycles. The smallest absolute Gasteiger partial charge is 0.110 e. The van der Waals surface area contributed by atoms with Gasteiger partial charge in [-0.1, -0.05) is 25.7 Å². The Morgan fingerprint density at radius 2 is 1.67 bits per heavy atom. The molecule has 1 aliphatic rings. The normalized spacial score (nSPS) is 18.1. The monoisotopic (exact) mass is 242 g/mol. The van der Waals surface area contributed by atoms with Crippen molar-refractivity contribution in [2.45, 2.75) is 58.3 Å². The lowest BCUT2D eigenvalue weighted by molar-refractivity contribution is 0.567.